The summed E-state index contributed by atoms with van der Waals surface area (Å²) in [6.45, 7) is 3.67. The third kappa shape index (κ3) is 6.88. The van der Waals surface area contributed by atoms with E-state index in [0.717, 1.165) is 6.21 Å². The Morgan fingerprint density at radius 1 is 0.657 bits per heavy atom. The lowest BCUT2D eigenvalue weighted by Crippen LogP contribution is -2.45. The molecule has 1 N–H and O–H groups in total. The predicted octanol–water partition coefficient (Wildman–Crippen LogP) is 4.31. The van der Waals surface area contributed by atoms with Crippen LogP contribution in [0.5, 0.6) is 0 Å². The van der Waals surface area contributed by atoms with Crippen molar-refractivity contribution in [3.05, 3.63) is 120 Å². The summed E-state index contributed by atoms with van der Waals surface area (Å²) in [6, 6.07) is 24.3. The van der Waals surface area contributed by atoms with Gasteiger partial charge in [0.15, 0.2) is 18.3 Å². The van der Waals surface area contributed by atoms with E-state index in [1.807, 2.05) is 0 Å². The minimum atomic E-state index is -1.42. The molecule has 0 saturated heterocycles. The summed E-state index contributed by atoms with van der Waals surface area (Å²) in [5, 5.41) is 12.2. The minimum absolute atomic E-state index is 0.212. The van der Waals surface area contributed by atoms with Crippen LogP contribution in [0.2, 0.25) is 0 Å². The van der Waals surface area contributed by atoms with Crippen molar-refractivity contribution >= 4 is 24.1 Å². The summed E-state index contributed by atoms with van der Waals surface area (Å²) in [6.07, 6.45) is -2.00. The number of oxime groups is 1. The molecular weight excluding hydrogens is 450 g/mol. The SMILES string of the molecule is C=C[C@@H](OC(=O)c1ccccc1)[C@H](OC(=O)c1ccccc1)[C@H](/C=N\O)OC(=O)c1ccccc1. The molecule has 35 heavy (non-hydrogen) atoms. The third-order valence-electron chi connectivity index (χ3n) is 4.85. The Morgan fingerprint density at radius 3 is 1.40 bits per heavy atom. The lowest BCUT2D eigenvalue weighted by atomic mass is 10.1. The number of rotatable bonds is 10. The number of hydrogen-bond acceptors (Lipinski definition) is 8. The number of hydrogen-bond donors (Lipinski definition) is 1. The highest BCUT2D eigenvalue weighted by Crippen LogP contribution is 2.19. The fourth-order valence-corrected chi connectivity index (χ4v) is 3.12. The van der Waals surface area contributed by atoms with E-state index in [0.29, 0.717) is 0 Å². The zero-order chi connectivity index (χ0) is 25.0. The topological polar surface area (TPSA) is 111 Å². The molecule has 3 rings (SSSR count). The van der Waals surface area contributed by atoms with Crippen LogP contribution in [-0.4, -0.2) is 47.6 Å². The summed E-state index contributed by atoms with van der Waals surface area (Å²) in [7, 11) is 0. The van der Waals surface area contributed by atoms with Gasteiger partial charge in [0.1, 0.15) is 0 Å². The maximum Gasteiger partial charge on any atom is 0.338 e. The standard InChI is InChI=1S/C27H23NO7/c1-2-22(33-25(29)19-12-6-3-7-13-19)24(35-27(31)21-16-10-5-11-17-21)23(18-28-32)34-26(30)20-14-8-4-9-15-20/h2-18,22-24,32H,1H2/b28-18-/t22-,23+,24+/m1/s1. The number of benzene rings is 3. The van der Waals surface area contributed by atoms with Gasteiger partial charge in [-0.05, 0) is 42.5 Å². The van der Waals surface area contributed by atoms with E-state index in [9.17, 15) is 19.6 Å². The van der Waals surface area contributed by atoms with Crippen LogP contribution in [-0.2, 0) is 14.2 Å². The molecule has 178 valence electrons. The Morgan fingerprint density at radius 2 is 1.03 bits per heavy atom. The molecule has 8 heteroatoms. The first-order valence-electron chi connectivity index (χ1n) is 10.6. The van der Waals surface area contributed by atoms with Gasteiger partial charge in [0.2, 0.25) is 0 Å². The van der Waals surface area contributed by atoms with E-state index in [-0.39, 0.29) is 16.7 Å². The highest BCUT2D eigenvalue weighted by atomic mass is 16.6. The molecule has 0 unspecified atom stereocenters. The van der Waals surface area contributed by atoms with Crippen molar-refractivity contribution in [3.8, 4) is 0 Å². The first kappa shape index (κ1) is 24.9. The van der Waals surface area contributed by atoms with Crippen molar-refractivity contribution in [2.45, 2.75) is 18.3 Å². The maximum absolute atomic E-state index is 12.9. The molecule has 0 radical (unpaired) electrons. The maximum atomic E-state index is 12.9. The molecule has 0 aromatic heterocycles. The fourth-order valence-electron chi connectivity index (χ4n) is 3.12. The van der Waals surface area contributed by atoms with Crippen LogP contribution in [0.3, 0.4) is 0 Å². The van der Waals surface area contributed by atoms with Crippen LogP contribution in [0.25, 0.3) is 0 Å². The Hall–Kier alpha value is -4.72. The predicted molar refractivity (Wildman–Crippen MR) is 127 cm³/mol. The molecule has 0 bridgehead atoms. The third-order valence-corrected chi connectivity index (χ3v) is 4.85. The number of carbonyl (C=O) groups is 3. The van der Waals surface area contributed by atoms with Gasteiger partial charge in [0.25, 0.3) is 0 Å². The molecule has 0 saturated carbocycles. The van der Waals surface area contributed by atoms with Crippen LogP contribution < -0.4 is 0 Å². The average Bonchev–Trinajstić information content (AvgIpc) is 2.91. The molecule has 3 aromatic rings. The Bertz CT molecular complexity index is 1160. The van der Waals surface area contributed by atoms with Crippen molar-refractivity contribution in [1.82, 2.24) is 0 Å². The van der Waals surface area contributed by atoms with Crippen LogP contribution >= 0.6 is 0 Å². The second-order valence-electron chi connectivity index (χ2n) is 7.21. The fraction of sp³-hybridized carbons (Fsp3) is 0.111. The average molecular weight is 473 g/mol. The van der Waals surface area contributed by atoms with E-state index >= 15 is 0 Å². The van der Waals surface area contributed by atoms with E-state index < -0.39 is 36.2 Å². The van der Waals surface area contributed by atoms with Gasteiger partial charge in [-0.1, -0.05) is 66.3 Å². The van der Waals surface area contributed by atoms with Crippen molar-refractivity contribution in [1.29, 1.82) is 0 Å². The second kappa shape index (κ2) is 12.5. The van der Waals surface area contributed by atoms with Gasteiger partial charge in [0.05, 0.1) is 22.9 Å². The monoisotopic (exact) mass is 473 g/mol. The molecule has 0 aliphatic carbocycles. The summed E-state index contributed by atoms with van der Waals surface area (Å²) >= 11 is 0. The van der Waals surface area contributed by atoms with Crippen molar-refractivity contribution < 1.29 is 33.8 Å². The molecule has 0 fully saturated rings. The first-order valence-corrected chi connectivity index (χ1v) is 10.6. The zero-order valence-corrected chi connectivity index (χ0v) is 18.6. The molecular formula is C27H23NO7. The van der Waals surface area contributed by atoms with Crippen molar-refractivity contribution in [2.75, 3.05) is 0 Å². The van der Waals surface area contributed by atoms with Gasteiger partial charge in [-0.3, -0.25) is 0 Å². The Labute approximate surface area is 202 Å². The van der Waals surface area contributed by atoms with E-state index in [1.54, 1.807) is 66.7 Å². The normalized spacial score (nSPS) is 13.3. The van der Waals surface area contributed by atoms with Crippen molar-refractivity contribution in [2.24, 2.45) is 5.16 Å². The summed E-state index contributed by atoms with van der Waals surface area (Å²) in [4.78, 5) is 38.3. The van der Waals surface area contributed by atoms with Crippen LogP contribution in [0.15, 0.2) is 109 Å². The van der Waals surface area contributed by atoms with Gasteiger partial charge in [-0.25, -0.2) is 14.4 Å². The Kier molecular flexibility index (Phi) is 8.90. The van der Waals surface area contributed by atoms with Gasteiger partial charge < -0.3 is 19.4 Å². The molecule has 0 heterocycles. The smallest absolute Gasteiger partial charge is 0.338 e. The van der Waals surface area contributed by atoms with E-state index in [2.05, 4.69) is 11.7 Å². The lowest BCUT2D eigenvalue weighted by molar-refractivity contribution is -0.0573. The lowest BCUT2D eigenvalue weighted by Gasteiger charge is -2.29. The van der Waals surface area contributed by atoms with Crippen LogP contribution in [0.1, 0.15) is 31.1 Å². The number of ether oxygens (including phenoxy) is 3. The summed E-state index contributed by atoms with van der Waals surface area (Å²) in [5.74, 6) is -2.26. The Balaban J connectivity index is 1.92. The summed E-state index contributed by atoms with van der Waals surface area (Å²) < 4.78 is 16.6. The van der Waals surface area contributed by atoms with Gasteiger partial charge in [-0.15, -0.1) is 0 Å². The molecule has 0 aliphatic rings. The summed E-state index contributed by atoms with van der Waals surface area (Å²) in [5.41, 5.74) is 0.679. The minimum Gasteiger partial charge on any atom is -0.450 e. The zero-order valence-electron chi connectivity index (χ0n) is 18.6. The van der Waals surface area contributed by atoms with Crippen molar-refractivity contribution in [3.63, 3.8) is 0 Å². The molecule has 3 atom stereocenters. The molecule has 0 spiro atoms. The molecule has 3 aromatic carbocycles. The highest BCUT2D eigenvalue weighted by molar-refractivity contribution is 5.92. The van der Waals surface area contributed by atoms with Gasteiger partial charge in [-0.2, -0.15) is 0 Å². The van der Waals surface area contributed by atoms with E-state index in [4.69, 9.17) is 14.2 Å². The molecule has 0 amide bonds. The highest BCUT2D eigenvalue weighted by Gasteiger charge is 2.37. The van der Waals surface area contributed by atoms with Crippen LogP contribution in [0.4, 0.5) is 0 Å². The molecule has 8 nitrogen and oxygen atoms in total. The second-order valence-corrected chi connectivity index (χ2v) is 7.21. The quantitative estimate of drug-likeness (QED) is 0.117. The van der Waals surface area contributed by atoms with Crippen LogP contribution in [0, 0.1) is 0 Å². The first-order chi connectivity index (χ1) is 17.0. The number of carbonyl (C=O) groups excluding carboxylic acids is 3. The number of esters is 3. The number of nitrogens with zero attached hydrogens (tertiary/aromatic N) is 1. The van der Waals surface area contributed by atoms with E-state index in [1.165, 1.54) is 30.3 Å². The molecule has 0 aliphatic heterocycles. The van der Waals surface area contributed by atoms with Gasteiger partial charge in [0, 0.05) is 0 Å². The van der Waals surface area contributed by atoms with Gasteiger partial charge >= 0.3 is 17.9 Å². The largest absolute Gasteiger partial charge is 0.450 e.